The normalized spacial score (nSPS) is 13.1. The zero-order chi connectivity index (χ0) is 42.2. The van der Waals surface area contributed by atoms with E-state index < -0.39 is 0 Å². The van der Waals surface area contributed by atoms with Crippen LogP contribution in [0.2, 0.25) is 0 Å². The van der Waals surface area contributed by atoms with E-state index in [2.05, 4.69) is 0 Å². The van der Waals surface area contributed by atoms with Gasteiger partial charge < -0.3 is 4.42 Å². The number of hydrogen-bond acceptors (Lipinski definition) is 5. The summed E-state index contributed by atoms with van der Waals surface area (Å²) in [7, 11) is 0. The molecule has 0 saturated heterocycles. The average molecular weight is 740 g/mol. The van der Waals surface area contributed by atoms with Crippen LogP contribution in [0.3, 0.4) is 0 Å². The van der Waals surface area contributed by atoms with Crippen molar-refractivity contribution in [2.45, 2.75) is 0 Å². The molecule has 56 heavy (non-hydrogen) atoms. The van der Waals surface area contributed by atoms with Gasteiger partial charge in [0.25, 0.3) is 0 Å². The molecule has 0 N–H and O–H groups in total. The van der Waals surface area contributed by atoms with E-state index in [1.165, 1.54) is 0 Å². The van der Waals surface area contributed by atoms with Crippen molar-refractivity contribution in [2.24, 2.45) is 0 Å². The highest BCUT2D eigenvalue weighted by molar-refractivity contribution is 7.26. The molecule has 8 aromatic carbocycles. The number of rotatable bonds is 6. The Balaban J connectivity index is 1.17. The predicted octanol–water partition coefficient (Wildman–Crippen LogP) is 14.1. The van der Waals surface area contributed by atoms with Gasteiger partial charge in [0.1, 0.15) is 11.2 Å². The van der Waals surface area contributed by atoms with Crippen LogP contribution in [0, 0.1) is 0 Å². The summed E-state index contributed by atoms with van der Waals surface area (Å²) in [6.07, 6.45) is 0. The lowest BCUT2D eigenvalue weighted by molar-refractivity contribution is 0.670. The first-order valence-electron chi connectivity index (χ1n) is 21.2. The van der Waals surface area contributed by atoms with E-state index >= 15 is 0 Å². The first kappa shape index (κ1) is 26.5. The molecule has 0 fully saturated rings. The molecule has 3 heterocycles. The molecule has 11 aromatic rings. The largest absolute Gasteiger partial charge is 0.455 e. The van der Waals surface area contributed by atoms with Gasteiger partial charge in [-0.05, 0) is 46.0 Å². The maximum atomic E-state index is 9.72. The fraction of sp³-hybridized carbons (Fsp3) is 0. The number of hydrogen-bond donors (Lipinski definition) is 0. The first-order valence-corrected chi connectivity index (χ1v) is 19.0. The number of nitrogens with zero attached hydrogens (tertiary/aromatic N) is 3. The number of furan rings is 1. The molecule has 0 spiro atoms. The number of thiophene rings is 1. The van der Waals surface area contributed by atoms with E-state index in [9.17, 15) is 4.11 Å². The molecule has 0 radical (unpaired) electrons. The molecule has 0 aliphatic rings. The molecule has 0 atom stereocenters. The summed E-state index contributed by atoms with van der Waals surface area (Å²) in [6.45, 7) is 0. The summed E-state index contributed by atoms with van der Waals surface area (Å²) < 4.78 is 62.8. The van der Waals surface area contributed by atoms with E-state index in [0.29, 0.717) is 48.4 Å². The van der Waals surface area contributed by atoms with E-state index in [0.717, 1.165) is 49.9 Å². The van der Waals surface area contributed by atoms with Crippen LogP contribution in [-0.2, 0) is 0 Å². The van der Waals surface area contributed by atoms with Crippen LogP contribution < -0.4 is 0 Å². The Morgan fingerprint density at radius 1 is 0.393 bits per heavy atom. The molecule has 262 valence electrons. The van der Waals surface area contributed by atoms with E-state index in [1.807, 2.05) is 152 Å². The second-order valence-electron chi connectivity index (χ2n) is 13.5. The zero-order valence-corrected chi connectivity index (χ0v) is 30.4. The van der Waals surface area contributed by atoms with Crippen molar-refractivity contribution in [1.29, 1.82) is 0 Å². The van der Waals surface area contributed by atoms with Gasteiger partial charge in [0.05, 0.1) is 13.8 Å². The Bertz CT molecular complexity index is 3580. The Morgan fingerprint density at radius 3 is 1.64 bits per heavy atom. The Morgan fingerprint density at radius 2 is 0.946 bits per heavy atom. The van der Waals surface area contributed by atoms with Crippen LogP contribution in [0.25, 0.3) is 110 Å². The van der Waals surface area contributed by atoms with Crippen LogP contribution in [0.1, 0.15) is 8.22 Å². The van der Waals surface area contributed by atoms with Crippen molar-refractivity contribution in [2.75, 3.05) is 0 Å². The molecule has 0 amide bonds. The molecular weight excluding hydrogens is 703 g/mol. The highest BCUT2D eigenvalue weighted by Gasteiger charge is 2.20. The minimum Gasteiger partial charge on any atom is -0.455 e. The third-order valence-electron chi connectivity index (χ3n) is 10.1. The lowest BCUT2D eigenvalue weighted by Gasteiger charge is -2.10. The SMILES string of the molecule is [2H]c1c([2H])c(-c2ccccc2)c2c(sc3c([2H])c(-c4nc(-c5ccc(-c6ccccc6)cc5)nc(-c5cccc6c5oc5c(-c7ccccc7)cccc56)n4)c([2H])c([2H])c32)c1[2H]. The van der Waals surface area contributed by atoms with Crippen LogP contribution in [0.5, 0.6) is 0 Å². The number of para-hydroxylation sites is 2. The van der Waals surface area contributed by atoms with E-state index in [4.69, 9.17) is 23.5 Å². The molecule has 0 bridgehead atoms. The highest BCUT2D eigenvalue weighted by atomic mass is 32.1. The van der Waals surface area contributed by atoms with Crippen LogP contribution >= 0.6 is 11.3 Å². The van der Waals surface area contributed by atoms with Crippen molar-refractivity contribution in [3.63, 3.8) is 0 Å². The number of fused-ring (bicyclic) bond motifs is 6. The summed E-state index contributed by atoms with van der Waals surface area (Å²) in [5.74, 6) is 0.610. The van der Waals surface area contributed by atoms with E-state index in [1.54, 1.807) is 0 Å². The summed E-state index contributed by atoms with van der Waals surface area (Å²) in [4.78, 5) is 15.0. The third kappa shape index (κ3) is 5.48. The van der Waals surface area contributed by atoms with Gasteiger partial charge in [-0.25, -0.2) is 15.0 Å². The van der Waals surface area contributed by atoms with Gasteiger partial charge in [0.15, 0.2) is 17.5 Å². The average Bonchev–Trinajstić information content (AvgIpc) is 3.91. The molecular formula is C51H31N3OS. The van der Waals surface area contributed by atoms with E-state index in [-0.39, 0.29) is 58.9 Å². The second-order valence-corrected chi connectivity index (χ2v) is 14.5. The molecule has 0 aliphatic carbocycles. The summed E-state index contributed by atoms with van der Waals surface area (Å²) in [5.41, 5.74) is 7.67. The summed E-state index contributed by atoms with van der Waals surface area (Å²) >= 11 is 1.11. The quantitative estimate of drug-likeness (QED) is 0.170. The standard InChI is InChI=1S/C51H31N3OS/c1-4-13-32(14-5-1)33-25-27-36(28-26-33)49-52-50(37-29-30-42-45(31-37)56-44-24-12-19-38(46(42)44)34-15-6-2-7-16-34)54-51(53-49)43-23-11-22-41-40-21-10-20-39(47(40)55-48(41)43)35-17-8-3-9-18-35/h1-31H/i12D,19D,24D,29D,30D,31D. The van der Waals surface area contributed by atoms with Gasteiger partial charge in [-0.2, -0.15) is 0 Å². The highest BCUT2D eigenvalue weighted by Crippen LogP contribution is 2.43. The fourth-order valence-corrected chi connectivity index (χ4v) is 8.42. The van der Waals surface area contributed by atoms with Crippen molar-refractivity contribution in [3.05, 3.63) is 188 Å². The smallest absolute Gasteiger partial charge is 0.167 e. The minimum atomic E-state index is -0.272. The molecule has 5 heteroatoms. The predicted molar refractivity (Wildman–Crippen MR) is 233 cm³/mol. The second kappa shape index (κ2) is 13.3. The first-order chi connectivity index (χ1) is 30.3. The monoisotopic (exact) mass is 739 g/mol. The van der Waals surface area contributed by atoms with Crippen molar-refractivity contribution < 1.29 is 12.6 Å². The Kier molecular flexibility index (Phi) is 6.29. The molecule has 3 aromatic heterocycles. The Hall–Kier alpha value is -7.21. The summed E-state index contributed by atoms with van der Waals surface area (Å²) in [5, 5.41) is 2.51. The van der Waals surface area contributed by atoms with Crippen LogP contribution in [-0.4, -0.2) is 15.0 Å². The van der Waals surface area contributed by atoms with Crippen LogP contribution in [0.4, 0.5) is 0 Å². The van der Waals surface area contributed by atoms with Gasteiger partial charge >= 0.3 is 0 Å². The van der Waals surface area contributed by atoms with Crippen molar-refractivity contribution >= 4 is 53.4 Å². The maximum Gasteiger partial charge on any atom is 0.167 e. The van der Waals surface area contributed by atoms with Gasteiger partial charge in [-0.1, -0.05) is 170 Å². The lowest BCUT2D eigenvalue weighted by Crippen LogP contribution is -2.00. The lowest BCUT2D eigenvalue weighted by atomic mass is 9.99. The van der Waals surface area contributed by atoms with Crippen molar-refractivity contribution in [1.82, 2.24) is 15.0 Å². The molecule has 0 saturated carbocycles. The van der Waals surface area contributed by atoms with Gasteiger partial charge in [0, 0.05) is 47.6 Å². The molecule has 0 aliphatic heterocycles. The maximum absolute atomic E-state index is 9.72. The third-order valence-corrected chi connectivity index (χ3v) is 11.1. The zero-order valence-electron chi connectivity index (χ0n) is 35.6. The summed E-state index contributed by atoms with van der Waals surface area (Å²) in [6, 6.07) is 48.0. The topological polar surface area (TPSA) is 51.8 Å². The van der Waals surface area contributed by atoms with Gasteiger partial charge in [0.2, 0.25) is 0 Å². The van der Waals surface area contributed by atoms with Gasteiger partial charge in [-0.3, -0.25) is 0 Å². The molecule has 11 rings (SSSR count). The van der Waals surface area contributed by atoms with Crippen molar-refractivity contribution in [3.8, 4) is 67.5 Å². The number of benzene rings is 8. The molecule has 4 nitrogen and oxygen atoms in total. The number of aromatic nitrogens is 3. The minimum absolute atomic E-state index is 0.0352. The molecule has 0 unspecified atom stereocenters. The van der Waals surface area contributed by atoms with Gasteiger partial charge in [-0.15, -0.1) is 11.3 Å². The fourth-order valence-electron chi connectivity index (χ4n) is 7.40. The Labute approximate surface area is 335 Å². The van der Waals surface area contributed by atoms with Crippen LogP contribution in [0.15, 0.2) is 192 Å².